The van der Waals surface area contributed by atoms with E-state index in [2.05, 4.69) is 49.7 Å². The average Bonchev–Trinajstić information content (AvgIpc) is 2.94. The van der Waals surface area contributed by atoms with Crippen LogP contribution in [-0.4, -0.2) is 49.1 Å². The third-order valence-corrected chi connectivity index (χ3v) is 4.26. The molecule has 25 heavy (non-hydrogen) atoms. The minimum Gasteiger partial charge on any atom is -0.476 e. The fraction of sp³-hybridized carbons (Fsp3) is 0.588. The van der Waals surface area contributed by atoms with Gasteiger partial charge in [-0.25, -0.2) is 14.8 Å². The zero-order valence-electron chi connectivity index (χ0n) is 15.3. The highest BCUT2D eigenvalue weighted by molar-refractivity contribution is 5.84. The summed E-state index contributed by atoms with van der Waals surface area (Å²) < 4.78 is 0. The first-order valence-electron chi connectivity index (χ1n) is 8.44. The quantitative estimate of drug-likeness (QED) is 0.908. The summed E-state index contributed by atoms with van der Waals surface area (Å²) >= 11 is 0. The van der Waals surface area contributed by atoms with Crippen LogP contribution >= 0.6 is 0 Å². The Bertz CT molecular complexity index is 787. The fourth-order valence-corrected chi connectivity index (χ4v) is 2.60. The van der Waals surface area contributed by atoms with E-state index in [1.54, 1.807) is 0 Å². The zero-order chi connectivity index (χ0) is 18.4. The number of carboxylic acids is 1. The van der Waals surface area contributed by atoms with Crippen molar-refractivity contribution in [3.8, 4) is 0 Å². The van der Waals surface area contributed by atoms with E-state index in [4.69, 9.17) is 15.1 Å². The van der Waals surface area contributed by atoms with Crippen molar-refractivity contribution in [1.29, 1.82) is 0 Å². The van der Waals surface area contributed by atoms with Crippen LogP contribution in [0.1, 0.15) is 68.6 Å². The van der Waals surface area contributed by atoms with Gasteiger partial charge in [-0.05, 0) is 0 Å². The molecule has 0 saturated carbocycles. The number of carboxylic acid groups (broad SMARTS) is 1. The molecule has 3 rings (SSSR count). The molecular formula is C17H24N6O2. The predicted molar refractivity (Wildman–Crippen MR) is 93.1 cm³/mol. The van der Waals surface area contributed by atoms with Gasteiger partial charge in [0, 0.05) is 30.5 Å². The molecule has 0 bridgehead atoms. The van der Waals surface area contributed by atoms with Gasteiger partial charge in [-0.3, -0.25) is 0 Å². The maximum atomic E-state index is 10.9. The Labute approximate surface area is 146 Å². The van der Waals surface area contributed by atoms with E-state index in [0.29, 0.717) is 13.1 Å². The van der Waals surface area contributed by atoms with E-state index in [1.807, 2.05) is 6.07 Å². The van der Waals surface area contributed by atoms with Crippen LogP contribution in [0.15, 0.2) is 12.3 Å². The maximum Gasteiger partial charge on any atom is 0.358 e. The number of aromatic carboxylic acids is 1. The summed E-state index contributed by atoms with van der Waals surface area (Å²) in [5.41, 5.74) is 0.943. The maximum absolute atomic E-state index is 10.9. The van der Waals surface area contributed by atoms with Crippen molar-refractivity contribution in [2.75, 3.05) is 18.0 Å². The second-order valence-corrected chi connectivity index (χ2v) is 7.79. The molecule has 0 spiro atoms. The van der Waals surface area contributed by atoms with E-state index in [0.717, 1.165) is 17.3 Å². The first-order chi connectivity index (χ1) is 11.6. The fourth-order valence-electron chi connectivity index (χ4n) is 2.60. The molecule has 1 aliphatic rings. The molecule has 3 heterocycles. The van der Waals surface area contributed by atoms with E-state index >= 15 is 0 Å². The molecule has 1 saturated heterocycles. The average molecular weight is 344 g/mol. The zero-order valence-corrected chi connectivity index (χ0v) is 15.3. The minimum absolute atomic E-state index is 0.0300. The van der Waals surface area contributed by atoms with Crippen LogP contribution in [0.3, 0.4) is 0 Å². The van der Waals surface area contributed by atoms with Gasteiger partial charge in [0.2, 0.25) is 0 Å². The van der Waals surface area contributed by atoms with Gasteiger partial charge in [0.25, 0.3) is 0 Å². The molecule has 134 valence electrons. The molecule has 8 nitrogen and oxygen atoms in total. The number of hydrogen-bond donors (Lipinski definition) is 1. The van der Waals surface area contributed by atoms with Gasteiger partial charge < -0.3 is 10.0 Å². The molecule has 0 radical (unpaired) electrons. The topological polar surface area (TPSA) is 97.0 Å². The summed E-state index contributed by atoms with van der Waals surface area (Å²) in [6.45, 7) is 12.0. The number of anilines is 1. The summed E-state index contributed by atoms with van der Waals surface area (Å²) in [5, 5.41) is 17.0. The van der Waals surface area contributed by atoms with Crippen molar-refractivity contribution in [2.45, 2.75) is 52.0 Å². The van der Waals surface area contributed by atoms with Crippen LogP contribution < -0.4 is 4.90 Å². The van der Waals surface area contributed by atoms with E-state index in [9.17, 15) is 4.79 Å². The lowest BCUT2D eigenvalue weighted by molar-refractivity contribution is 0.0689. The third-order valence-electron chi connectivity index (χ3n) is 4.26. The van der Waals surface area contributed by atoms with Crippen LogP contribution in [0.25, 0.3) is 0 Å². The molecule has 8 heteroatoms. The van der Waals surface area contributed by atoms with Gasteiger partial charge >= 0.3 is 5.97 Å². The van der Waals surface area contributed by atoms with Crippen molar-refractivity contribution >= 4 is 11.8 Å². The molecule has 1 N–H and O–H groups in total. The number of rotatable bonds is 4. The highest BCUT2D eigenvalue weighted by Crippen LogP contribution is 2.30. The highest BCUT2D eigenvalue weighted by atomic mass is 16.4. The SMILES string of the molecule is CC(C)c1nc(N2CC(n3ncc(C(=O)O)n3)C2)cc(C(C)(C)C)n1. The van der Waals surface area contributed by atoms with Gasteiger partial charge in [-0.15, -0.1) is 5.10 Å². The summed E-state index contributed by atoms with van der Waals surface area (Å²) in [5.74, 6) is 0.945. The predicted octanol–water partition coefficient (Wildman–Crippen LogP) is 2.25. The minimum atomic E-state index is -1.06. The van der Waals surface area contributed by atoms with Crippen molar-refractivity contribution in [3.05, 3.63) is 29.5 Å². The Morgan fingerprint density at radius 1 is 1.28 bits per heavy atom. The molecule has 0 atom stereocenters. The summed E-state index contributed by atoms with van der Waals surface area (Å²) in [6, 6.07) is 2.10. The monoisotopic (exact) mass is 344 g/mol. The van der Waals surface area contributed by atoms with Crippen LogP contribution in [0.4, 0.5) is 5.82 Å². The summed E-state index contributed by atoms with van der Waals surface area (Å²) in [7, 11) is 0. The third kappa shape index (κ3) is 3.47. The van der Waals surface area contributed by atoms with Gasteiger partial charge in [0.05, 0.1) is 11.9 Å². The molecule has 2 aromatic rings. The van der Waals surface area contributed by atoms with E-state index in [-0.39, 0.29) is 23.1 Å². The largest absolute Gasteiger partial charge is 0.476 e. The van der Waals surface area contributed by atoms with Crippen molar-refractivity contribution < 1.29 is 9.90 Å². The summed E-state index contributed by atoms with van der Waals surface area (Å²) in [6.07, 6.45) is 1.28. The molecule has 0 aliphatic carbocycles. The van der Waals surface area contributed by atoms with E-state index in [1.165, 1.54) is 11.0 Å². The number of hydrogen-bond acceptors (Lipinski definition) is 6. The Morgan fingerprint density at radius 3 is 2.48 bits per heavy atom. The standard InChI is InChI=1S/C17H24N6O2/c1-10(2)15-19-13(17(3,4)5)6-14(20-15)22-8-11(9-22)23-18-7-12(21-23)16(24)25/h6-7,10-11H,8-9H2,1-5H3,(H,24,25). The lowest BCUT2D eigenvalue weighted by Crippen LogP contribution is -2.49. The molecule has 2 aromatic heterocycles. The Hall–Kier alpha value is -2.51. The number of aromatic nitrogens is 5. The first kappa shape index (κ1) is 17.3. The first-order valence-corrected chi connectivity index (χ1v) is 8.44. The van der Waals surface area contributed by atoms with Crippen LogP contribution in [0, 0.1) is 0 Å². The lowest BCUT2D eigenvalue weighted by atomic mass is 9.91. The van der Waals surface area contributed by atoms with Crippen molar-refractivity contribution in [3.63, 3.8) is 0 Å². The Morgan fingerprint density at radius 2 is 1.96 bits per heavy atom. The number of carbonyl (C=O) groups is 1. The van der Waals surface area contributed by atoms with Gasteiger partial charge in [0.1, 0.15) is 17.7 Å². The molecule has 0 unspecified atom stereocenters. The molecule has 1 fully saturated rings. The van der Waals surface area contributed by atoms with Gasteiger partial charge in [-0.1, -0.05) is 34.6 Å². The Kier molecular flexibility index (Phi) is 4.22. The normalized spacial score (nSPS) is 15.5. The second kappa shape index (κ2) is 6.09. The van der Waals surface area contributed by atoms with Crippen LogP contribution in [0.5, 0.6) is 0 Å². The number of nitrogens with zero attached hydrogens (tertiary/aromatic N) is 6. The van der Waals surface area contributed by atoms with Crippen LogP contribution in [0.2, 0.25) is 0 Å². The highest BCUT2D eigenvalue weighted by Gasteiger charge is 2.32. The van der Waals surface area contributed by atoms with Crippen molar-refractivity contribution in [2.24, 2.45) is 0 Å². The molecular weight excluding hydrogens is 320 g/mol. The van der Waals surface area contributed by atoms with E-state index < -0.39 is 5.97 Å². The van der Waals surface area contributed by atoms with Crippen molar-refractivity contribution in [1.82, 2.24) is 25.0 Å². The molecule has 0 amide bonds. The smallest absolute Gasteiger partial charge is 0.358 e. The van der Waals surface area contributed by atoms with Crippen LogP contribution in [-0.2, 0) is 5.41 Å². The van der Waals surface area contributed by atoms with Gasteiger partial charge in [-0.2, -0.15) is 9.90 Å². The lowest BCUT2D eigenvalue weighted by Gasteiger charge is -2.39. The summed E-state index contributed by atoms with van der Waals surface area (Å²) in [4.78, 5) is 24.0. The second-order valence-electron chi connectivity index (χ2n) is 7.79. The Balaban J connectivity index is 1.79. The molecule has 0 aromatic carbocycles. The molecule has 1 aliphatic heterocycles. The van der Waals surface area contributed by atoms with Gasteiger partial charge in [0.15, 0.2) is 5.69 Å².